The summed E-state index contributed by atoms with van der Waals surface area (Å²) in [5.41, 5.74) is 6.85. The summed E-state index contributed by atoms with van der Waals surface area (Å²) in [4.78, 5) is 6.65. The third-order valence-electron chi connectivity index (χ3n) is 3.66. The van der Waals surface area contributed by atoms with Gasteiger partial charge < -0.3 is 25.4 Å². The fourth-order valence-electron chi connectivity index (χ4n) is 2.27. The summed E-state index contributed by atoms with van der Waals surface area (Å²) >= 11 is 0. The van der Waals surface area contributed by atoms with Crippen LogP contribution in [0.5, 0.6) is 11.5 Å². The molecular formula is C18H33IN4O2. The molecule has 0 aliphatic heterocycles. The minimum Gasteiger partial charge on any atom is -0.493 e. The van der Waals surface area contributed by atoms with Gasteiger partial charge in [0.15, 0.2) is 17.5 Å². The topological polar surface area (TPSA) is 72.1 Å². The summed E-state index contributed by atoms with van der Waals surface area (Å²) in [6, 6.07) is 6.13. The molecule has 0 aromatic heterocycles. The van der Waals surface area contributed by atoms with Gasteiger partial charge in [-0.1, -0.05) is 19.9 Å². The highest BCUT2D eigenvalue weighted by Crippen LogP contribution is 2.28. The van der Waals surface area contributed by atoms with Crippen LogP contribution in [0.4, 0.5) is 0 Å². The molecule has 1 aromatic rings. The number of nitrogens with one attached hydrogen (secondary N) is 1. The second kappa shape index (κ2) is 13.0. The van der Waals surface area contributed by atoms with Gasteiger partial charge in [0.05, 0.1) is 13.7 Å². The molecular weight excluding hydrogens is 431 g/mol. The van der Waals surface area contributed by atoms with E-state index >= 15 is 0 Å². The molecule has 0 unspecified atom stereocenters. The Kier molecular flexibility index (Phi) is 12.4. The van der Waals surface area contributed by atoms with Crippen molar-refractivity contribution < 1.29 is 9.47 Å². The van der Waals surface area contributed by atoms with Gasteiger partial charge in [-0.2, -0.15) is 0 Å². The van der Waals surface area contributed by atoms with Crippen LogP contribution in [0, 0.1) is 0 Å². The maximum Gasteiger partial charge on any atom is 0.189 e. The Hall–Kier alpha value is -1.22. The summed E-state index contributed by atoms with van der Waals surface area (Å²) in [5, 5.41) is 3.07. The fourth-order valence-corrected chi connectivity index (χ4v) is 2.27. The Morgan fingerprint density at radius 3 is 2.48 bits per heavy atom. The first-order chi connectivity index (χ1) is 11.5. The van der Waals surface area contributed by atoms with Crippen molar-refractivity contribution in [3.05, 3.63) is 23.8 Å². The number of aliphatic imine (C=N–C) groups is 1. The van der Waals surface area contributed by atoms with E-state index in [1.807, 2.05) is 32.0 Å². The van der Waals surface area contributed by atoms with Gasteiger partial charge in [-0.15, -0.1) is 24.0 Å². The van der Waals surface area contributed by atoms with Crippen LogP contribution < -0.4 is 20.5 Å². The number of rotatable bonds is 10. The molecule has 0 atom stereocenters. The van der Waals surface area contributed by atoms with Crippen LogP contribution in [0.15, 0.2) is 23.2 Å². The Morgan fingerprint density at radius 2 is 1.92 bits per heavy atom. The van der Waals surface area contributed by atoms with E-state index in [1.165, 1.54) is 0 Å². The van der Waals surface area contributed by atoms with E-state index in [0.29, 0.717) is 19.1 Å². The van der Waals surface area contributed by atoms with Gasteiger partial charge in [0, 0.05) is 12.6 Å². The summed E-state index contributed by atoms with van der Waals surface area (Å²) < 4.78 is 11.3. The summed E-state index contributed by atoms with van der Waals surface area (Å²) in [5.74, 6) is 1.92. The number of halogens is 1. The van der Waals surface area contributed by atoms with Crippen LogP contribution in [0.25, 0.3) is 0 Å². The van der Waals surface area contributed by atoms with Gasteiger partial charge >= 0.3 is 0 Å². The molecule has 0 saturated heterocycles. The normalized spacial score (nSPS) is 11.4. The van der Waals surface area contributed by atoms with Gasteiger partial charge in [0.1, 0.15) is 6.61 Å². The number of hydrogen-bond acceptors (Lipinski definition) is 4. The largest absolute Gasteiger partial charge is 0.493 e. The maximum absolute atomic E-state index is 5.86. The summed E-state index contributed by atoms with van der Waals surface area (Å²) in [7, 11) is 1.65. The highest BCUT2D eigenvalue weighted by molar-refractivity contribution is 14.0. The van der Waals surface area contributed by atoms with Gasteiger partial charge in [-0.3, -0.25) is 0 Å². The van der Waals surface area contributed by atoms with Crippen molar-refractivity contribution in [2.75, 3.05) is 33.4 Å². The lowest BCUT2D eigenvalue weighted by molar-refractivity contribution is 0.217. The first kappa shape index (κ1) is 23.8. The Morgan fingerprint density at radius 1 is 1.24 bits per heavy atom. The lowest BCUT2D eigenvalue weighted by Gasteiger charge is -2.19. The number of nitrogens with two attached hydrogens (primary N) is 1. The Bertz CT molecular complexity index is 520. The molecule has 144 valence electrons. The molecule has 7 heteroatoms. The molecule has 0 amide bonds. The van der Waals surface area contributed by atoms with E-state index in [1.54, 1.807) is 7.11 Å². The minimum absolute atomic E-state index is 0. The standard InChI is InChI=1S/C18H32N4O2.HI/c1-6-22(7-2)10-11-24-16-9-8-15(12-17(16)23-5)13-20-18(19)21-14(3)4;/h8-9,12,14H,6-7,10-11,13H2,1-5H3,(H3,19,20,21);1H. The van der Waals surface area contributed by atoms with Crippen molar-refractivity contribution in [2.24, 2.45) is 10.7 Å². The second-order valence-electron chi connectivity index (χ2n) is 5.86. The quantitative estimate of drug-likeness (QED) is 0.317. The highest BCUT2D eigenvalue weighted by Gasteiger charge is 2.07. The van der Waals surface area contributed by atoms with Gasteiger partial charge in [-0.05, 0) is 44.6 Å². The van der Waals surface area contributed by atoms with Gasteiger partial charge in [0.2, 0.25) is 0 Å². The molecule has 1 rings (SSSR count). The molecule has 0 spiro atoms. The Balaban J connectivity index is 0.00000576. The lowest BCUT2D eigenvalue weighted by atomic mass is 10.2. The van der Waals surface area contributed by atoms with Crippen LogP contribution in [0.2, 0.25) is 0 Å². The molecule has 25 heavy (non-hydrogen) atoms. The lowest BCUT2D eigenvalue weighted by Crippen LogP contribution is -2.36. The van der Waals surface area contributed by atoms with E-state index in [0.717, 1.165) is 36.7 Å². The molecule has 0 heterocycles. The molecule has 0 aliphatic carbocycles. The summed E-state index contributed by atoms with van der Waals surface area (Å²) in [6.07, 6.45) is 0. The van der Waals surface area contributed by atoms with Crippen molar-refractivity contribution in [1.82, 2.24) is 10.2 Å². The van der Waals surface area contributed by atoms with Gasteiger partial charge in [-0.25, -0.2) is 4.99 Å². The number of benzene rings is 1. The van der Waals surface area contributed by atoms with Gasteiger partial charge in [0.25, 0.3) is 0 Å². The number of guanidine groups is 1. The molecule has 0 radical (unpaired) electrons. The molecule has 0 saturated carbocycles. The van der Waals surface area contributed by atoms with Crippen molar-refractivity contribution in [2.45, 2.75) is 40.3 Å². The van der Waals surface area contributed by atoms with E-state index in [4.69, 9.17) is 15.2 Å². The zero-order valence-corrected chi connectivity index (χ0v) is 18.4. The van der Waals surface area contributed by atoms with Crippen LogP contribution >= 0.6 is 24.0 Å². The zero-order valence-electron chi connectivity index (χ0n) is 16.0. The maximum atomic E-state index is 5.86. The molecule has 6 nitrogen and oxygen atoms in total. The smallest absolute Gasteiger partial charge is 0.189 e. The van der Waals surface area contributed by atoms with E-state index in [-0.39, 0.29) is 30.0 Å². The second-order valence-corrected chi connectivity index (χ2v) is 5.86. The van der Waals surface area contributed by atoms with Crippen LogP contribution in [-0.2, 0) is 6.54 Å². The number of likely N-dealkylation sites (N-methyl/N-ethyl adjacent to an activating group) is 1. The van der Waals surface area contributed by atoms with E-state index in [2.05, 4.69) is 29.1 Å². The summed E-state index contributed by atoms with van der Waals surface area (Å²) in [6.45, 7) is 12.4. The third kappa shape index (κ3) is 9.15. The van der Waals surface area contributed by atoms with Crippen LogP contribution in [0.1, 0.15) is 33.3 Å². The first-order valence-corrected chi connectivity index (χ1v) is 8.58. The first-order valence-electron chi connectivity index (χ1n) is 8.58. The predicted molar refractivity (Wildman–Crippen MR) is 115 cm³/mol. The van der Waals surface area contributed by atoms with Crippen LogP contribution in [0.3, 0.4) is 0 Å². The molecule has 0 aliphatic rings. The SMILES string of the molecule is CCN(CC)CCOc1ccc(CN=C(N)NC(C)C)cc1OC.I. The predicted octanol–water partition coefficient (Wildman–Crippen LogP) is 2.85. The average Bonchev–Trinajstić information content (AvgIpc) is 2.56. The van der Waals surface area contributed by atoms with E-state index in [9.17, 15) is 0 Å². The monoisotopic (exact) mass is 464 g/mol. The van der Waals surface area contributed by atoms with E-state index < -0.39 is 0 Å². The third-order valence-corrected chi connectivity index (χ3v) is 3.66. The number of nitrogens with zero attached hydrogens (tertiary/aromatic N) is 2. The number of ether oxygens (including phenoxy) is 2. The number of hydrogen-bond donors (Lipinski definition) is 2. The number of methoxy groups -OCH3 is 1. The fraction of sp³-hybridized carbons (Fsp3) is 0.611. The molecule has 3 N–H and O–H groups in total. The molecule has 0 fully saturated rings. The minimum atomic E-state index is 0. The Labute approximate surface area is 169 Å². The molecule has 0 bridgehead atoms. The highest BCUT2D eigenvalue weighted by atomic mass is 127. The molecule has 1 aromatic carbocycles. The van der Waals surface area contributed by atoms with Crippen molar-refractivity contribution in [1.29, 1.82) is 0 Å². The van der Waals surface area contributed by atoms with Crippen LogP contribution in [-0.4, -0.2) is 50.3 Å². The zero-order chi connectivity index (χ0) is 17.9. The van der Waals surface area contributed by atoms with Crippen molar-refractivity contribution in [3.63, 3.8) is 0 Å². The average molecular weight is 464 g/mol. The van der Waals surface area contributed by atoms with Crippen molar-refractivity contribution >= 4 is 29.9 Å². The van der Waals surface area contributed by atoms with Crippen molar-refractivity contribution in [3.8, 4) is 11.5 Å².